The Hall–Kier alpha value is -1.62. The molecule has 2 aromatic rings. The maximum absolute atomic E-state index is 11.9. The number of nitrogens with zero attached hydrogens (tertiary/aromatic N) is 1. The van der Waals surface area contributed by atoms with E-state index in [0.29, 0.717) is 18.1 Å². The van der Waals surface area contributed by atoms with E-state index in [1.807, 2.05) is 31.4 Å². The van der Waals surface area contributed by atoms with Gasteiger partial charge in [0.25, 0.3) is 0 Å². The van der Waals surface area contributed by atoms with Gasteiger partial charge in [-0.3, -0.25) is 4.79 Å². The summed E-state index contributed by atoms with van der Waals surface area (Å²) in [4.78, 5) is 16.3. The summed E-state index contributed by atoms with van der Waals surface area (Å²) in [5, 5.41) is 2.64. The highest BCUT2D eigenvalue weighted by atomic mass is 32.1. The van der Waals surface area contributed by atoms with E-state index in [2.05, 4.69) is 4.98 Å². The number of aromatic nitrogens is 1. The molecule has 0 unspecified atom stereocenters. The molecule has 18 heavy (non-hydrogen) atoms. The normalized spacial score (nSPS) is 11.5. The van der Waals surface area contributed by atoms with Crippen LogP contribution in [0.15, 0.2) is 28.2 Å². The first-order valence-electron chi connectivity index (χ1n) is 5.72. The summed E-state index contributed by atoms with van der Waals surface area (Å²) < 4.78 is 10.3. The SMILES string of the molecule is CCOC(=O)C(C)(C)c1csc(-c2ccco2)n1. The Morgan fingerprint density at radius 2 is 2.33 bits per heavy atom. The summed E-state index contributed by atoms with van der Waals surface area (Å²) in [6.07, 6.45) is 1.60. The lowest BCUT2D eigenvalue weighted by Gasteiger charge is -2.19. The summed E-state index contributed by atoms with van der Waals surface area (Å²) in [7, 11) is 0. The fourth-order valence-corrected chi connectivity index (χ4v) is 2.44. The lowest BCUT2D eigenvalue weighted by atomic mass is 9.90. The molecule has 0 N–H and O–H groups in total. The van der Waals surface area contributed by atoms with E-state index in [9.17, 15) is 4.79 Å². The molecule has 0 amide bonds. The highest BCUT2D eigenvalue weighted by Crippen LogP contribution is 2.31. The molecule has 0 aromatic carbocycles. The number of carbonyl (C=O) groups is 1. The van der Waals surface area contributed by atoms with Crippen LogP contribution in [0.2, 0.25) is 0 Å². The Kier molecular flexibility index (Phi) is 3.52. The number of furan rings is 1. The van der Waals surface area contributed by atoms with Crippen LogP contribution in [0.1, 0.15) is 26.5 Å². The number of carbonyl (C=O) groups excluding carboxylic acids is 1. The summed E-state index contributed by atoms with van der Waals surface area (Å²) in [5.41, 5.74) is -0.0329. The largest absolute Gasteiger partial charge is 0.465 e. The lowest BCUT2D eigenvalue weighted by Crippen LogP contribution is -2.31. The van der Waals surface area contributed by atoms with Crippen LogP contribution in [-0.2, 0) is 14.9 Å². The minimum Gasteiger partial charge on any atom is -0.465 e. The molecule has 0 aliphatic carbocycles. The van der Waals surface area contributed by atoms with Crippen molar-refractivity contribution in [1.29, 1.82) is 0 Å². The van der Waals surface area contributed by atoms with E-state index in [4.69, 9.17) is 9.15 Å². The molecule has 0 saturated heterocycles. The maximum atomic E-state index is 11.9. The monoisotopic (exact) mass is 265 g/mol. The Balaban J connectivity index is 2.27. The average Bonchev–Trinajstić information content (AvgIpc) is 3.00. The number of rotatable bonds is 4. The van der Waals surface area contributed by atoms with Crippen molar-refractivity contribution >= 4 is 17.3 Å². The first kappa shape index (κ1) is 12.8. The maximum Gasteiger partial charge on any atom is 0.317 e. The van der Waals surface area contributed by atoms with E-state index in [1.54, 1.807) is 13.2 Å². The summed E-state index contributed by atoms with van der Waals surface area (Å²) in [5.74, 6) is 0.451. The molecule has 4 nitrogen and oxygen atoms in total. The van der Waals surface area contributed by atoms with E-state index in [-0.39, 0.29) is 5.97 Å². The second-order valence-electron chi connectivity index (χ2n) is 4.36. The second-order valence-corrected chi connectivity index (χ2v) is 5.22. The van der Waals surface area contributed by atoms with E-state index in [0.717, 1.165) is 5.01 Å². The van der Waals surface area contributed by atoms with Crippen LogP contribution in [0, 0.1) is 0 Å². The zero-order valence-corrected chi connectivity index (χ0v) is 11.4. The van der Waals surface area contributed by atoms with Gasteiger partial charge in [-0.1, -0.05) is 0 Å². The van der Waals surface area contributed by atoms with Crippen molar-refractivity contribution in [2.24, 2.45) is 0 Å². The van der Waals surface area contributed by atoms with Crippen molar-refractivity contribution in [3.63, 3.8) is 0 Å². The van der Waals surface area contributed by atoms with Gasteiger partial charge in [0, 0.05) is 5.38 Å². The zero-order chi connectivity index (χ0) is 13.2. The molecule has 0 bridgehead atoms. The third-order valence-electron chi connectivity index (χ3n) is 2.66. The molecule has 5 heteroatoms. The van der Waals surface area contributed by atoms with Crippen molar-refractivity contribution < 1.29 is 13.9 Å². The quantitative estimate of drug-likeness (QED) is 0.796. The molecule has 2 aromatic heterocycles. The lowest BCUT2D eigenvalue weighted by molar-refractivity contribution is -0.148. The molecule has 2 rings (SSSR count). The average molecular weight is 265 g/mol. The van der Waals surface area contributed by atoms with E-state index >= 15 is 0 Å². The van der Waals surface area contributed by atoms with Crippen molar-refractivity contribution in [2.45, 2.75) is 26.2 Å². The highest BCUT2D eigenvalue weighted by molar-refractivity contribution is 7.13. The molecule has 0 radical (unpaired) electrons. The van der Waals surface area contributed by atoms with Crippen LogP contribution in [0.3, 0.4) is 0 Å². The predicted molar refractivity (Wildman–Crippen MR) is 69.5 cm³/mol. The van der Waals surface area contributed by atoms with Crippen LogP contribution in [0.4, 0.5) is 0 Å². The number of ether oxygens (including phenoxy) is 1. The van der Waals surface area contributed by atoms with Crippen molar-refractivity contribution in [2.75, 3.05) is 6.61 Å². The third kappa shape index (κ3) is 2.31. The van der Waals surface area contributed by atoms with Gasteiger partial charge in [0.05, 0.1) is 18.6 Å². The molecule has 96 valence electrons. The van der Waals surface area contributed by atoms with Crippen molar-refractivity contribution in [1.82, 2.24) is 4.98 Å². The van der Waals surface area contributed by atoms with Gasteiger partial charge in [-0.15, -0.1) is 11.3 Å². The molecule has 0 fully saturated rings. The smallest absolute Gasteiger partial charge is 0.317 e. The van der Waals surface area contributed by atoms with Gasteiger partial charge in [-0.2, -0.15) is 0 Å². The second kappa shape index (κ2) is 4.94. The van der Waals surface area contributed by atoms with Gasteiger partial charge in [0.2, 0.25) is 0 Å². The van der Waals surface area contributed by atoms with Crippen molar-refractivity contribution in [3.05, 3.63) is 29.5 Å². The molecule has 0 aliphatic rings. The van der Waals surface area contributed by atoms with Crippen LogP contribution >= 0.6 is 11.3 Å². The van der Waals surface area contributed by atoms with Crippen LogP contribution in [-0.4, -0.2) is 17.6 Å². The summed E-state index contributed by atoms with van der Waals surface area (Å²) in [6, 6.07) is 3.66. The topological polar surface area (TPSA) is 52.3 Å². The van der Waals surface area contributed by atoms with Gasteiger partial charge in [-0.05, 0) is 32.9 Å². The molecule has 0 aliphatic heterocycles. The molecule has 2 heterocycles. The Morgan fingerprint density at radius 1 is 1.56 bits per heavy atom. The Labute approximate surface area is 110 Å². The highest BCUT2D eigenvalue weighted by Gasteiger charge is 2.34. The summed E-state index contributed by atoms with van der Waals surface area (Å²) in [6.45, 7) is 5.79. The predicted octanol–water partition coefficient (Wildman–Crippen LogP) is 3.24. The number of esters is 1. The number of hydrogen-bond donors (Lipinski definition) is 0. The Morgan fingerprint density at radius 3 is 2.94 bits per heavy atom. The van der Waals surface area contributed by atoms with Crippen LogP contribution < -0.4 is 0 Å². The fraction of sp³-hybridized carbons (Fsp3) is 0.385. The number of thiazole rings is 1. The Bertz CT molecular complexity index is 528. The van der Waals surface area contributed by atoms with Crippen LogP contribution in [0.5, 0.6) is 0 Å². The van der Waals surface area contributed by atoms with E-state index < -0.39 is 5.41 Å². The fourth-order valence-electron chi connectivity index (χ4n) is 1.49. The molecule has 0 spiro atoms. The summed E-state index contributed by atoms with van der Waals surface area (Å²) >= 11 is 1.46. The standard InChI is InChI=1S/C13H15NO3S/c1-4-16-12(15)13(2,3)10-8-18-11(14-10)9-6-5-7-17-9/h5-8H,4H2,1-3H3. The van der Waals surface area contributed by atoms with E-state index in [1.165, 1.54) is 11.3 Å². The first-order valence-corrected chi connectivity index (χ1v) is 6.60. The minimum atomic E-state index is -0.739. The zero-order valence-electron chi connectivity index (χ0n) is 10.6. The third-order valence-corrected chi connectivity index (χ3v) is 3.52. The first-order chi connectivity index (χ1) is 8.55. The molecule has 0 saturated carbocycles. The minimum absolute atomic E-state index is 0.263. The van der Waals surface area contributed by atoms with Crippen molar-refractivity contribution in [3.8, 4) is 10.8 Å². The van der Waals surface area contributed by atoms with Gasteiger partial charge in [-0.25, -0.2) is 4.98 Å². The van der Waals surface area contributed by atoms with Crippen LogP contribution in [0.25, 0.3) is 10.8 Å². The number of hydrogen-bond acceptors (Lipinski definition) is 5. The van der Waals surface area contributed by atoms with Gasteiger partial charge >= 0.3 is 5.97 Å². The molecular weight excluding hydrogens is 250 g/mol. The van der Waals surface area contributed by atoms with Gasteiger partial charge in [0.1, 0.15) is 5.41 Å². The molecule has 0 atom stereocenters. The van der Waals surface area contributed by atoms with Gasteiger partial charge < -0.3 is 9.15 Å². The van der Waals surface area contributed by atoms with Gasteiger partial charge in [0.15, 0.2) is 10.8 Å². The molecular formula is C13H15NO3S.